The quantitative estimate of drug-likeness (QED) is 0.796. The minimum Gasteiger partial charge on any atom is -0.399 e. The Kier molecular flexibility index (Phi) is 2.97. The second kappa shape index (κ2) is 4.29. The van der Waals surface area contributed by atoms with Gasteiger partial charge in [-0.3, -0.25) is 0 Å². The van der Waals surface area contributed by atoms with Crippen molar-refractivity contribution in [2.45, 2.75) is 6.18 Å². The van der Waals surface area contributed by atoms with Gasteiger partial charge in [0.05, 0.1) is 11.3 Å². The Morgan fingerprint density at radius 3 is 2.53 bits per heavy atom. The zero-order valence-corrected chi connectivity index (χ0v) is 9.40. The minimum absolute atomic E-state index is 0.00472. The molecule has 0 fully saturated rings. The minimum atomic E-state index is -4.42. The summed E-state index contributed by atoms with van der Waals surface area (Å²) in [4.78, 5) is 0. The van der Waals surface area contributed by atoms with Crippen molar-refractivity contribution in [3.8, 4) is 0 Å². The molecule has 0 aliphatic carbocycles. The lowest BCUT2D eigenvalue weighted by Crippen LogP contribution is -2.09. The first-order valence-corrected chi connectivity index (χ1v) is 5.67. The van der Waals surface area contributed by atoms with Crippen molar-refractivity contribution in [1.29, 1.82) is 0 Å². The molecule has 17 heavy (non-hydrogen) atoms. The number of alkyl halides is 3. The van der Waals surface area contributed by atoms with E-state index < -0.39 is 11.7 Å². The maximum Gasteiger partial charge on any atom is 0.418 e. The van der Waals surface area contributed by atoms with Crippen LogP contribution < -0.4 is 11.1 Å². The van der Waals surface area contributed by atoms with Crippen molar-refractivity contribution >= 4 is 28.4 Å². The van der Waals surface area contributed by atoms with Gasteiger partial charge in [-0.05, 0) is 29.6 Å². The van der Waals surface area contributed by atoms with Crippen LogP contribution >= 0.6 is 11.3 Å². The van der Waals surface area contributed by atoms with Crippen LogP contribution in [0.2, 0.25) is 0 Å². The molecule has 6 heteroatoms. The molecule has 3 N–H and O–H groups in total. The number of nitrogens with two attached hydrogens (primary N) is 1. The van der Waals surface area contributed by atoms with E-state index >= 15 is 0 Å². The van der Waals surface area contributed by atoms with Gasteiger partial charge in [-0.15, -0.1) is 0 Å². The molecule has 2 rings (SSSR count). The molecule has 0 atom stereocenters. The summed E-state index contributed by atoms with van der Waals surface area (Å²) in [5.41, 5.74) is 5.34. The van der Waals surface area contributed by atoms with E-state index in [1.807, 2.05) is 0 Å². The number of hydrogen-bond acceptors (Lipinski definition) is 3. The van der Waals surface area contributed by atoms with Crippen LogP contribution in [0.25, 0.3) is 0 Å². The van der Waals surface area contributed by atoms with E-state index in [0.29, 0.717) is 5.69 Å². The highest BCUT2D eigenvalue weighted by molar-refractivity contribution is 7.08. The topological polar surface area (TPSA) is 38.0 Å². The average molecular weight is 258 g/mol. The van der Waals surface area contributed by atoms with Crippen LogP contribution in [-0.4, -0.2) is 0 Å². The van der Waals surface area contributed by atoms with E-state index in [2.05, 4.69) is 5.32 Å². The third-order valence-electron chi connectivity index (χ3n) is 2.15. The van der Waals surface area contributed by atoms with Crippen LogP contribution in [0.5, 0.6) is 0 Å². The number of nitrogen functional groups attached to an aromatic ring is 1. The number of thiophene rings is 1. The predicted octanol–water partition coefficient (Wildman–Crippen LogP) is 4.09. The Morgan fingerprint density at radius 2 is 1.94 bits per heavy atom. The number of rotatable bonds is 2. The fourth-order valence-electron chi connectivity index (χ4n) is 1.40. The molecule has 0 aliphatic heterocycles. The molecular formula is C11H9F3N2S. The van der Waals surface area contributed by atoms with E-state index in [1.165, 1.54) is 23.5 Å². The van der Waals surface area contributed by atoms with Crippen molar-refractivity contribution in [2.24, 2.45) is 0 Å². The van der Waals surface area contributed by atoms with Gasteiger partial charge in [0.2, 0.25) is 0 Å². The molecule has 1 aromatic carbocycles. The van der Waals surface area contributed by atoms with Gasteiger partial charge in [0, 0.05) is 16.8 Å². The van der Waals surface area contributed by atoms with E-state index in [1.54, 1.807) is 16.8 Å². The second-order valence-corrected chi connectivity index (χ2v) is 4.22. The lowest BCUT2D eigenvalue weighted by atomic mass is 10.1. The molecule has 0 saturated heterocycles. The van der Waals surface area contributed by atoms with Crippen LogP contribution in [-0.2, 0) is 6.18 Å². The molecule has 2 nitrogen and oxygen atoms in total. The Balaban J connectivity index is 2.40. The number of halogens is 3. The first-order valence-electron chi connectivity index (χ1n) is 4.73. The lowest BCUT2D eigenvalue weighted by molar-refractivity contribution is -0.136. The largest absolute Gasteiger partial charge is 0.418 e. The summed E-state index contributed by atoms with van der Waals surface area (Å²) in [5, 5.41) is 6.24. The first-order chi connectivity index (χ1) is 7.97. The molecule has 0 saturated carbocycles. The van der Waals surface area contributed by atoms with Gasteiger partial charge in [-0.2, -0.15) is 24.5 Å². The van der Waals surface area contributed by atoms with Gasteiger partial charge in [0.25, 0.3) is 0 Å². The van der Waals surface area contributed by atoms with E-state index in [9.17, 15) is 13.2 Å². The third kappa shape index (κ3) is 2.71. The van der Waals surface area contributed by atoms with Crippen LogP contribution in [0.4, 0.5) is 30.2 Å². The molecule has 0 unspecified atom stereocenters. The summed E-state index contributed by atoms with van der Waals surface area (Å²) in [6.45, 7) is 0. The molecule has 1 heterocycles. The summed E-state index contributed by atoms with van der Waals surface area (Å²) in [6, 6.07) is 5.40. The van der Waals surface area contributed by atoms with E-state index in [-0.39, 0.29) is 11.4 Å². The van der Waals surface area contributed by atoms with Crippen LogP contribution in [0.1, 0.15) is 5.56 Å². The second-order valence-electron chi connectivity index (χ2n) is 3.44. The van der Waals surface area contributed by atoms with E-state index in [0.717, 1.165) is 6.07 Å². The zero-order valence-electron chi connectivity index (χ0n) is 8.58. The Hall–Kier alpha value is -1.69. The van der Waals surface area contributed by atoms with Gasteiger partial charge in [0.1, 0.15) is 0 Å². The van der Waals surface area contributed by atoms with E-state index in [4.69, 9.17) is 5.73 Å². The molecule has 0 radical (unpaired) electrons. The van der Waals surface area contributed by atoms with Gasteiger partial charge in [0.15, 0.2) is 0 Å². The SMILES string of the molecule is Nc1ccc(Nc2ccsc2)c(C(F)(F)F)c1. The molecular weight excluding hydrogens is 249 g/mol. The molecule has 2 aromatic rings. The van der Waals surface area contributed by atoms with Gasteiger partial charge >= 0.3 is 6.18 Å². The lowest BCUT2D eigenvalue weighted by Gasteiger charge is -2.14. The predicted molar refractivity (Wildman–Crippen MR) is 63.5 cm³/mol. The molecule has 0 spiro atoms. The summed E-state index contributed by atoms with van der Waals surface area (Å²) in [7, 11) is 0. The first kappa shape index (κ1) is 11.8. The number of benzene rings is 1. The van der Waals surface area contributed by atoms with Crippen molar-refractivity contribution in [2.75, 3.05) is 11.1 Å². The molecule has 0 bridgehead atoms. The Morgan fingerprint density at radius 1 is 1.18 bits per heavy atom. The maximum absolute atomic E-state index is 12.8. The van der Waals surface area contributed by atoms with Crippen molar-refractivity contribution < 1.29 is 13.2 Å². The Bertz CT molecular complexity index is 506. The molecule has 1 aromatic heterocycles. The standard InChI is InChI=1S/C11H9F3N2S/c12-11(13,14)9-5-7(15)1-2-10(9)16-8-3-4-17-6-8/h1-6,16H,15H2. The van der Waals surface area contributed by atoms with Gasteiger partial charge in [-0.25, -0.2) is 0 Å². The summed E-state index contributed by atoms with van der Waals surface area (Å²) in [5.74, 6) is 0. The van der Waals surface area contributed by atoms with Crippen LogP contribution in [0.3, 0.4) is 0 Å². The third-order valence-corrected chi connectivity index (χ3v) is 2.83. The monoisotopic (exact) mass is 258 g/mol. The number of nitrogens with one attached hydrogen (secondary N) is 1. The highest BCUT2D eigenvalue weighted by atomic mass is 32.1. The van der Waals surface area contributed by atoms with Gasteiger partial charge < -0.3 is 11.1 Å². The number of anilines is 3. The molecule has 0 amide bonds. The zero-order chi connectivity index (χ0) is 12.5. The van der Waals surface area contributed by atoms with Crippen molar-refractivity contribution in [3.05, 3.63) is 40.6 Å². The Labute approximate surface area is 99.9 Å². The average Bonchev–Trinajstić information content (AvgIpc) is 2.72. The van der Waals surface area contributed by atoms with Crippen molar-refractivity contribution in [3.63, 3.8) is 0 Å². The maximum atomic E-state index is 12.8. The normalized spacial score (nSPS) is 11.5. The van der Waals surface area contributed by atoms with Crippen molar-refractivity contribution in [1.82, 2.24) is 0 Å². The van der Waals surface area contributed by atoms with Crippen LogP contribution in [0, 0.1) is 0 Å². The smallest absolute Gasteiger partial charge is 0.399 e. The van der Waals surface area contributed by atoms with Crippen LogP contribution in [0.15, 0.2) is 35.0 Å². The summed E-state index contributed by atoms with van der Waals surface area (Å²) < 4.78 is 38.3. The fourth-order valence-corrected chi connectivity index (χ4v) is 1.98. The number of hydrogen-bond donors (Lipinski definition) is 2. The summed E-state index contributed by atoms with van der Waals surface area (Å²) >= 11 is 1.41. The fraction of sp³-hybridized carbons (Fsp3) is 0.0909. The highest BCUT2D eigenvalue weighted by Crippen LogP contribution is 2.37. The summed E-state index contributed by atoms with van der Waals surface area (Å²) in [6.07, 6.45) is -4.42. The van der Waals surface area contributed by atoms with Gasteiger partial charge in [-0.1, -0.05) is 0 Å². The molecule has 90 valence electrons. The highest BCUT2D eigenvalue weighted by Gasteiger charge is 2.33. The molecule has 0 aliphatic rings.